The zero-order chi connectivity index (χ0) is 13.5. The summed E-state index contributed by atoms with van der Waals surface area (Å²) in [5.74, 6) is 0. The molecule has 1 N–H and O–H groups in total. The van der Waals surface area contributed by atoms with E-state index in [4.69, 9.17) is 4.74 Å². The number of aliphatic hydroxyl groups excluding tert-OH is 1. The number of hydrogen-bond acceptors (Lipinski definition) is 4. The second kappa shape index (κ2) is 7.99. The van der Waals surface area contributed by atoms with Crippen LogP contribution in [-0.2, 0) is 4.74 Å². The molecule has 1 heterocycles. The van der Waals surface area contributed by atoms with Gasteiger partial charge in [0.15, 0.2) is 0 Å². The maximum Gasteiger partial charge on any atom is 0.251 e. The van der Waals surface area contributed by atoms with Gasteiger partial charge >= 0.3 is 0 Å². The number of aliphatic hydroxyl groups is 1. The molecule has 1 unspecified atom stereocenters. The zero-order valence-electron chi connectivity index (χ0n) is 11.2. The molecule has 1 saturated heterocycles. The van der Waals surface area contributed by atoms with Crippen LogP contribution < -0.4 is 0 Å². The monoisotopic (exact) mass is 266 g/mol. The highest BCUT2D eigenvalue weighted by Gasteiger charge is 2.21. The fourth-order valence-corrected chi connectivity index (χ4v) is 2.08. The minimum Gasteiger partial charge on any atom is -0.390 e. The van der Waals surface area contributed by atoms with E-state index in [-0.39, 0.29) is 12.6 Å². The largest absolute Gasteiger partial charge is 0.390 e. The first-order chi connectivity index (χ1) is 8.49. The molecular formula is C12H24F2N2O2. The fourth-order valence-electron chi connectivity index (χ4n) is 2.08. The Balaban J connectivity index is 2.32. The van der Waals surface area contributed by atoms with Crippen molar-refractivity contribution in [3.05, 3.63) is 0 Å². The third-order valence-corrected chi connectivity index (χ3v) is 3.12. The summed E-state index contributed by atoms with van der Waals surface area (Å²) in [5.41, 5.74) is 0. The van der Waals surface area contributed by atoms with Crippen molar-refractivity contribution < 1.29 is 18.6 Å². The first-order valence-corrected chi connectivity index (χ1v) is 6.49. The van der Waals surface area contributed by atoms with E-state index in [1.54, 1.807) is 4.90 Å². The van der Waals surface area contributed by atoms with Gasteiger partial charge in [0.2, 0.25) is 0 Å². The van der Waals surface area contributed by atoms with E-state index in [0.29, 0.717) is 26.3 Å². The Hall–Kier alpha value is -0.300. The normalized spacial score (nSPS) is 20.0. The molecule has 1 fully saturated rings. The number of nitrogens with zero attached hydrogens (tertiary/aromatic N) is 2. The van der Waals surface area contributed by atoms with Crippen LogP contribution in [0.25, 0.3) is 0 Å². The summed E-state index contributed by atoms with van der Waals surface area (Å²) in [6.07, 6.45) is -2.95. The second-order valence-corrected chi connectivity index (χ2v) is 5.01. The highest BCUT2D eigenvalue weighted by atomic mass is 19.3. The molecule has 4 nitrogen and oxygen atoms in total. The van der Waals surface area contributed by atoms with Gasteiger partial charge in [0.25, 0.3) is 6.43 Å². The van der Waals surface area contributed by atoms with Crippen molar-refractivity contribution in [1.29, 1.82) is 0 Å². The molecule has 1 rings (SSSR count). The van der Waals surface area contributed by atoms with Crippen molar-refractivity contribution in [3.8, 4) is 0 Å². The van der Waals surface area contributed by atoms with E-state index < -0.39 is 12.5 Å². The van der Waals surface area contributed by atoms with Gasteiger partial charge in [0, 0.05) is 32.2 Å². The molecule has 1 aliphatic rings. The van der Waals surface area contributed by atoms with Gasteiger partial charge in [-0.3, -0.25) is 9.80 Å². The lowest BCUT2D eigenvalue weighted by atomic mass is 10.2. The Morgan fingerprint density at radius 1 is 1.22 bits per heavy atom. The highest BCUT2D eigenvalue weighted by molar-refractivity contribution is 4.73. The first kappa shape index (κ1) is 15.8. The van der Waals surface area contributed by atoms with Crippen LogP contribution in [0.2, 0.25) is 0 Å². The molecule has 18 heavy (non-hydrogen) atoms. The molecule has 0 aliphatic carbocycles. The molecule has 108 valence electrons. The summed E-state index contributed by atoms with van der Waals surface area (Å²) >= 11 is 0. The van der Waals surface area contributed by atoms with Crippen molar-refractivity contribution in [1.82, 2.24) is 9.80 Å². The third kappa shape index (κ3) is 6.04. The number of morpholine rings is 1. The molecule has 1 atom stereocenters. The number of halogens is 2. The molecule has 6 heteroatoms. The van der Waals surface area contributed by atoms with Gasteiger partial charge < -0.3 is 9.84 Å². The Labute approximate surface area is 108 Å². The molecule has 0 spiro atoms. The summed E-state index contributed by atoms with van der Waals surface area (Å²) in [6.45, 7) is 7.22. The molecule has 0 radical (unpaired) electrons. The molecule has 0 amide bonds. The smallest absolute Gasteiger partial charge is 0.251 e. The van der Waals surface area contributed by atoms with E-state index in [1.807, 2.05) is 13.8 Å². The van der Waals surface area contributed by atoms with Crippen LogP contribution in [0.4, 0.5) is 8.78 Å². The van der Waals surface area contributed by atoms with Crippen molar-refractivity contribution in [2.75, 3.05) is 45.9 Å². The Morgan fingerprint density at radius 3 is 2.33 bits per heavy atom. The maximum atomic E-state index is 12.4. The van der Waals surface area contributed by atoms with Crippen LogP contribution in [0.3, 0.4) is 0 Å². The van der Waals surface area contributed by atoms with Gasteiger partial charge in [-0.05, 0) is 13.8 Å². The zero-order valence-corrected chi connectivity index (χ0v) is 11.2. The molecular weight excluding hydrogens is 242 g/mol. The molecule has 0 saturated carbocycles. The molecule has 0 aromatic rings. The van der Waals surface area contributed by atoms with E-state index in [1.165, 1.54) is 0 Å². The second-order valence-electron chi connectivity index (χ2n) is 5.01. The number of ether oxygens (including phenoxy) is 1. The lowest BCUT2D eigenvalue weighted by molar-refractivity contribution is -0.00403. The predicted molar refractivity (Wildman–Crippen MR) is 66.0 cm³/mol. The summed E-state index contributed by atoms with van der Waals surface area (Å²) in [7, 11) is 0. The minimum absolute atomic E-state index is 0.0124. The molecule has 0 bridgehead atoms. The topological polar surface area (TPSA) is 35.9 Å². The lowest BCUT2D eigenvalue weighted by Crippen LogP contribution is -2.47. The minimum atomic E-state index is -2.36. The summed E-state index contributed by atoms with van der Waals surface area (Å²) in [5, 5.41) is 9.96. The first-order valence-electron chi connectivity index (χ1n) is 6.49. The van der Waals surface area contributed by atoms with E-state index in [2.05, 4.69) is 4.90 Å². The van der Waals surface area contributed by atoms with Gasteiger partial charge in [-0.1, -0.05) is 0 Å². The molecule has 0 aromatic carbocycles. The van der Waals surface area contributed by atoms with Gasteiger partial charge in [0.05, 0.1) is 25.9 Å². The number of alkyl halides is 2. The average molecular weight is 266 g/mol. The average Bonchev–Trinajstić information content (AvgIpc) is 2.28. The van der Waals surface area contributed by atoms with Gasteiger partial charge in [0.1, 0.15) is 0 Å². The van der Waals surface area contributed by atoms with Crippen molar-refractivity contribution >= 4 is 0 Å². The van der Waals surface area contributed by atoms with Crippen LogP contribution in [0.5, 0.6) is 0 Å². The van der Waals surface area contributed by atoms with Crippen molar-refractivity contribution in [2.45, 2.75) is 32.4 Å². The number of β-amino-alcohol motifs (C(OH)–C–C–N with tert-alkyl or cyclic N) is 1. The Kier molecular flexibility index (Phi) is 6.99. The summed E-state index contributed by atoms with van der Waals surface area (Å²) in [6, 6.07) is 0.0124. The highest BCUT2D eigenvalue weighted by Crippen LogP contribution is 2.06. The molecule has 1 aliphatic heterocycles. The van der Waals surface area contributed by atoms with Crippen LogP contribution in [0, 0.1) is 0 Å². The van der Waals surface area contributed by atoms with Gasteiger partial charge in [-0.15, -0.1) is 0 Å². The standard InChI is InChI=1S/C12H24F2N2O2/c1-10(2)16(9-12(13)14)8-11(17)7-15-3-5-18-6-4-15/h10-12,17H,3-9H2,1-2H3. The fraction of sp³-hybridized carbons (Fsp3) is 1.00. The summed E-state index contributed by atoms with van der Waals surface area (Å²) in [4.78, 5) is 3.73. The third-order valence-electron chi connectivity index (χ3n) is 3.12. The Bertz CT molecular complexity index is 224. The lowest BCUT2D eigenvalue weighted by Gasteiger charge is -2.32. The predicted octanol–water partition coefficient (Wildman–Crippen LogP) is 0.655. The van der Waals surface area contributed by atoms with Crippen LogP contribution in [-0.4, -0.2) is 79.4 Å². The van der Waals surface area contributed by atoms with Crippen molar-refractivity contribution in [2.24, 2.45) is 0 Å². The molecule has 0 aromatic heterocycles. The van der Waals surface area contributed by atoms with E-state index >= 15 is 0 Å². The summed E-state index contributed by atoms with van der Waals surface area (Å²) < 4.78 is 30.0. The van der Waals surface area contributed by atoms with E-state index in [0.717, 1.165) is 13.1 Å². The van der Waals surface area contributed by atoms with Gasteiger partial charge in [-0.2, -0.15) is 0 Å². The van der Waals surface area contributed by atoms with Gasteiger partial charge in [-0.25, -0.2) is 8.78 Å². The SMILES string of the molecule is CC(C)N(CC(F)F)CC(O)CN1CCOCC1. The van der Waals surface area contributed by atoms with Crippen LogP contribution in [0.15, 0.2) is 0 Å². The number of rotatable bonds is 7. The Morgan fingerprint density at radius 2 is 1.83 bits per heavy atom. The van der Waals surface area contributed by atoms with Crippen molar-refractivity contribution in [3.63, 3.8) is 0 Å². The van der Waals surface area contributed by atoms with Crippen LogP contribution in [0.1, 0.15) is 13.8 Å². The van der Waals surface area contributed by atoms with Crippen LogP contribution >= 0.6 is 0 Å². The maximum absolute atomic E-state index is 12.4. The quantitative estimate of drug-likeness (QED) is 0.734. The number of hydrogen-bond donors (Lipinski definition) is 1. The van der Waals surface area contributed by atoms with E-state index in [9.17, 15) is 13.9 Å².